The van der Waals surface area contributed by atoms with Crippen LogP contribution in [-0.4, -0.2) is 12.5 Å². The number of nitrogens with one attached hydrogen (secondary N) is 1. The quantitative estimate of drug-likeness (QED) is 0.571. The van der Waals surface area contributed by atoms with Crippen molar-refractivity contribution >= 4 is 5.91 Å². The van der Waals surface area contributed by atoms with Crippen molar-refractivity contribution in [2.45, 2.75) is 25.8 Å². The van der Waals surface area contributed by atoms with Crippen LogP contribution in [0.25, 0.3) is 0 Å². The Balaban J connectivity index is 1.58. The Labute approximate surface area is 161 Å². The molecule has 138 valence electrons. The second kappa shape index (κ2) is 9.58. The van der Waals surface area contributed by atoms with Gasteiger partial charge in [-0.25, -0.2) is 0 Å². The monoisotopic (exact) mass is 359 g/mol. The van der Waals surface area contributed by atoms with Crippen molar-refractivity contribution in [1.29, 1.82) is 0 Å². The Morgan fingerprint density at radius 1 is 0.852 bits per heavy atom. The zero-order valence-corrected chi connectivity index (χ0v) is 15.6. The van der Waals surface area contributed by atoms with Crippen molar-refractivity contribution in [2.75, 3.05) is 6.61 Å². The first kappa shape index (κ1) is 18.7. The zero-order valence-electron chi connectivity index (χ0n) is 15.6. The van der Waals surface area contributed by atoms with E-state index in [4.69, 9.17) is 4.74 Å². The molecule has 3 nitrogen and oxygen atoms in total. The topological polar surface area (TPSA) is 38.3 Å². The molecule has 3 aromatic carbocycles. The standard InChI is InChI=1S/C24H25NO2/c1-19-14-16-21(17-15-19)24(20-9-4-2-5-10-20)25-23(26)13-8-18-27-22-11-6-3-7-12-22/h2-7,9-12,14-17,24H,8,13,18H2,1H3,(H,25,26)/t24-/m0/s1. The van der Waals surface area contributed by atoms with Gasteiger partial charge >= 0.3 is 0 Å². The van der Waals surface area contributed by atoms with Crippen LogP contribution in [-0.2, 0) is 4.79 Å². The van der Waals surface area contributed by atoms with E-state index < -0.39 is 0 Å². The van der Waals surface area contributed by atoms with Crippen molar-refractivity contribution < 1.29 is 9.53 Å². The molecule has 0 saturated heterocycles. The number of ether oxygens (including phenoxy) is 1. The first-order valence-electron chi connectivity index (χ1n) is 9.31. The van der Waals surface area contributed by atoms with Crippen LogP contribution in [0.3, 0.4) is 0 Å². The maximum Gasteiger partial charge on any atom is 0.220 e. The van der Waals surface area contributed by atoms with Gasteiger partial charge in [0.05, 0.1) is 12.6 Å². The average Bonchev–Trinajstić information content (AvgIpc) is 2.72. The molecule has 1 amide bonds. The highest BCUT2D eigenvalue weighted by Gasteiger charge is 2.16. The van der Waals surface area contributed by atoms with Gasteiger partial charge in [-0.3, -0.25) is 4.79 Å². The minimum atomic E-state index is -0.144. The highest BCUT2D eigenvalue weighted by molar-refractivity contribution is 5.77. The predicted octanol–water partition coefficient (Wildman–Crippen LogP) is 5.06. The number of carbonyl (C=O) groups excluding carboxylic acids is 1. The molecule has 1 N–H and O–H groups in total. The molecule has 0 saturated carbocycles. The van der Waals surface area contributed by atoms with Gasteiger partial charge in [0.25, 0.3) is 0 Å². The molecular formula is C24H25NO2. The summed E-state index contributed by atoms with van der Waals surface area (Å²) in [6, 6.07) is 27.9. The van der Waals surface area contributed by atoms with Crippen LogP contribution in [0.15, 0.2) is 84.9 Å². The first-order chi connectivity index (χ1) is 13.2. The Kier molecular flexibility index (Phi) is 6.64. The van der Waals surface area contributed by atoms with Gasteiger partial charge in [-0.15, -0.1) is 0 Å². The molecule has 0 unspecified atom stereocenters. The number of para-hydroxylation sites is 1. The zero-order chi connectivity index (χ0) is 18.9. The number of hydrogen-bond donors (Lipinski definition) is 1. The molecule has 27 heavy (non-hydrogen) atoms. The van der Waals surface area contributed by atoms with E-state index in [1.807, 2.05) is 60.7 Å². The molecule has 0 heterocycles. The van der Waals surface area contributed by atoms with Crippen molar-refractivity contribution in [3.8, 4) is 5.75 Å². The summed E-state index contributed by atoms with van der Waals surface area (Å²) >= 11 is 0. The van der Waals surface area contributed by atoms with E-state index in [1.54, 1.807) is 0 Å². The van der Waals surface area contributed by atoms with E-state index in [2.05, 4.69) is 36.5 Å². The molecular weight excluding hydrogens is 334 g/mol. The third-order valence-electron chi connectivity index (χ3n) is 4.41. The van der Waals surface area contributed by atoms with Crippen LogP contribution >= 0.6 is 0 Å². The smallest absolute Gasteiger partial charge is 0.220 e. The van der Waals surface area contributed by atoms with Crippen LogP contribution in [0.4, 0.5) is 0 Å². The molecule has 0 bridgehead atoms. The Morgan fingerprint density at radius 3 is 2.11 bits per heavy atom. The number of amides is 1. The van der Waals surface area contributed by atoms with Gasteiger partial charge in [-0.2, -0.15) is 0 Å². The van der Waals surface area contributed by atoms with Crippen LogP contribution in [0.1, 0.15) is 35.6 Å². The fraction of sp³-hybridized carbons (Fsp3) is 0.208. The van der Waals surface area contributed by atoms with E-state index in [0.717, 1.165) is 16.9 Å². The maximum atomic E-state index is 12.5. The van der Waals surface area contributed by atoms with Gasteiger partial charge in [0.1, 0.15) is 5.75 Å². The van der Waals surface area contributed by atoms with Crippen molar-refractivity contribution in [1.82, 2.24) is 5.32 Å². The molecule has 3 heteroatoms. The Hall–Kier alpha value is -3.07. The lowest BCUT2D eigenvalue weighted by Gasteiger charge is -2.20. The van der Waals surface area contributed by atoms with Gasteiger partial charge < -0.3 is 10.1 Å². The molecule has 3 rings (SSSR count). The van der Waals surface area contributed by atoms with E-state index in [1.165, 1.54) is 5.56 Å². The lowest BCUT2D eigenvalue weighted by atomic mass is 9.97. The van der Waals surface area contributed by atoms with E-state index in [-0.39, 0.29) is 11.9 Å². The van der Waals surface area contributed by atoms with E-state index in [9.17, 15) is 4.79 Å². The van der Waals surface area contributed by atoms with Gasteiger partial charge in [0, 0.05) is 6.42 Å². The lowest BCUT2D eigenvalue weighted by Crippen LogP contribution is -2.29. The van der Waals surface area contributed by atoms with Crippen LogP contribution in [0.2, 0.25) is 0 Å². The van der Waals surface area contributed by atoms with E-state index >= 15 is 0 Å². The summed E-state index contributed by atoms with van der Waals surface area (Å²) < 4.78 is 5.66. The van der Waals surface area contributed by atoms with Crippen LogP contribution in [0, 0.1) is 6.92 Å². The minimum Gasteiger partial charge on any atom is -0.494 e. The summed E-state index contributed by atoms with van der Waals surface area (Å²) in [5.74, 6) is 0.862. The van der Waals surface area contributed by atoms with Gasteiger partial charge in [-0.05, 0) is 36.6 Å². The first-order valence-corrected chi connectivity index (χ1v) is 9.31. The molecule has 1 atom stereocenters. The average molecular weight is 359 g/mol. The summed E-state index contributed by atoms with van der Waals surface area (Å²) in [5.41, 5.74) is 3.37. The van der Waals surface area contributed by atoms with Crippen LogP contribution in [0.5, 0.6) is 5.75 Å². The summed E-state index contributed by atoms with van der Waals surface area (Å²) in [6.07, 6.45) is 1.11. The molecule has 0 aliphatic rings. The number of carbonyl (C=O) groups is 1. The van der Waals surface area contributed by atoms with E-state index in [0.29, 0.717) is 19.4 Å². The van der Waals surface area contributed by atoms with Crippen molar-refractivity contribution in [2.24, 2.45) is 0 Å². The second-order valence-electron chi connectivity index (χ2n) is 6.59. The number of rotatable bonds is 8. The lowest BCUT2D eigenvalue weighted by molar-refractivity contribution is -0.121. The molecule has 0 aliphatic carbocycles. The second-order valence-corrected chi connectivity index (χ2v) is 6.59. The molecule has 0 aliphatic heterocycles. The van der Waals surface area contributed by atoms with Crippen LogP contribution < -0.4 is 10.1 Å². The number of hydrogen-bond acceptors (Lipinski definition) is 2. The normalized spacial score (nSPS) is 11.6. The Morgan fingerprint density at radius 2 is 1.44 bits per heavy atom. The predicted molar refractivity (Wildman–Crippen MR) is 109 cm³/mol. The van der Waals surface area contributed by atoms with Crippen molar-refractivity contribution in [3.63, 3.8) is 0 Å². The Bertz CT molecular complexity index is 829. The summed E-state index contributed by atoms with van der Waals surface area (Å²) in [4.78, 5) is 12.5. The number of aryl methyl sites for hydroxylation is 1. The third kappa shape index (κ3) is 5.71. The molecule has 0 radical (unpaired) electrons. The fourth-order valence-electron chi connectivity index (χ4n) is 2.94. The minimum absolute atomic E-state index is 0.0288. The molecule has 0 spiro atoms. The number of benzene rings is 3. The SMILES string of the molecule is Cc1ccc([C@@H](NC(=O)CCCOc2ccccc2)c2ccccc2)cc1. The summed E-state index contributed by atoms with van der Waals surface area (Å²) in [7, 11) is 0. The molecule has 0 aromatic heterocycles. The maximum absolute atomic E-state index is 12.5. The largest absolute Gasteiger partial charge is 0.494 e. The van der Waals surface area contributed by atoms with Gasteiger partial charge in [-0.1, -0.05) is 78.4 Å². The van der Waals surface area contributed by atoms with Crippen molar-refractivity contribution in [3.05, 3.63) is 102 Å². The summed E-state index contributed by atoms with van der Waals surface area (Å²) in [5, 5.41) is 3.17. The highest BCUT2D eigenvalue weighted by atomic mass is 16.5. The molecule has 0 fully saturated rings. The summed E-state index contributed by atoms with van der Waals surface area (Å²) in [6.45, 7) is 2.59. The van der Waals surface area contributed by atoms with Gasteiger partial charge in [0.2, 0.25) is 5.91 Å². The van der Waals surface area contributed by atoms with Gasteiger partial charge in [0.15, 0.2) is 0 Å². The third-order valence-corrected chi connectivity index (χ3v) is 4.41. The molecule has 3 aromatic rings. The highest BCUT2D eigenvalue weighted by Crippen LogP contribution is 2.22. The fourth-order valence-corrected chi connectivity index (χ4v) is 2.94.